The van der Waals surface area contributed by atoms with E-state index in [9.17, 15) is 22.4 Å². The Bertz CT molecular complexity index is 1240. The number of aromatic amines is 1. The second-order valence-electron chi connectivity index (χ2n) is 6.48. The van der Waals surface area contributed by atoms with Crippen LogP contribution in [0.5, 0.6) is 0 Å². The molecular weight excluding hydrogens is 413 g/mol. The van der Waals surface area contributed by atoms with E-state index in [4.69, 9.17) is 5.73 Å². The van der Waals surface area contributed by atoms with E-state index >= 15 is 0 Å². The number of carbonyl (C=O) groups is 2. The Morgan fingerprint density at radius 1 is 1.10 bits per heavy atom. The van der Waals surface area contributed by atoms with Gasteiger partial charge in [0.1, 0.15) is 5.82 Å². The monoisotopic (exact) mass is 431 g/mol. The number of aromatic nitrogens is 2. The topological polar surface area (TPSA) is 147 Å². The van der Waals surface area contributed by atoms with Gasteiger partial charge in [0.25, 0.3) is 21.8 Å². The average Bonchev–Trinajstić information content (AvgIpc) is 3.04. The quantitative estimate of drug-likeness (QED) is 0.473. The summed E-state index contributed by atoms with van der Waals surface area (Å²) >= 11 is 0. The first kappa shape index (κ1) is 21.0. The number of hydrogen-bond acceptors (Lipinski definition) is 5. The third kappa shape index (κ3) is 4.30. The maximum absolute atomic E-state index is 13.4. The summed E-state index contributed by atoms with van der Waals surface area (Å²) in [6.45, 7) is 3.08. The van der Waals surface area contributed by atoms with Crippen molar-refractivity contribution in [1.29, 1.82) is 0 Å². The summed E-state index contributed by atoms with van der Waals surface area (Å²) in [5, 5.41) is 8.86. The summed E-state index contributed by atoms with van der Waals surface area (Å²) in [5.74, 6) is -1.84. The van der Waals surface area contributed by atoms with Crippen LogP contribution in [0.3, 0.4) is 0 Å². The highest BCUT2D eigenvalue weighted by atomic mass is 32.2. The summed E-state index contributed by atoms with van der Waals surface area (Å²) in [4.78, 5) is 23.8. The van der Waals surface area contributed by atoms with Gasteiger partial charge in [-0.3, -0.25) is 19.4 Å². The fourth-order valence-corrected chi connectivity index (χ4v) is 3.78. The normalized spacial score (nSPS) is 11.2. The molecule has 9 nitrogen and oxygen atoms in total. The molecule has 156 valence electrons. The average molecular weight is 431 g/mol. The molecule has 0 aliphatic carbocycles. The van der Waals surface area contributed by atoms with Gasteiger partial charge < -0.3 is 11.1 Å². The minimum absolute atomic E-state index is 0.0855. The molecule has 30 heavy (non-hydrogen) atoms. The van der Waals surface area contributed by atoms with Gasteiger partial charge in [-0.15, -0.1) is 0 Å². The third-order valence-electron chi connectivity index (χ3n) is 4.26. The Hall–Kier alpha value is -3.73. The molecule has 0 bridgehead atoms. The third-order valence-corrected chi connectivity index (χ3v) is 5.64. The van der Waals surface area contributed by atoms with Gasteiger partial charge in [-0.05, 0) is 61.9 Å². The van der Waals surface area contributed by atoms with Gasteiger partial charge in [0.2, 0.25) is 0 Å². The lowest BCUT2D eigenvalue weighted by Gasteiger charge is -2.10. The molecule has 5 N–H and O–H groups in total. The summed E-state index contributed by atoms with van der Waals surface area (Å²) in [5.41, 5.74) is 6.39. The second kappa shape index (κ2) is 7.95. The van der Waals surface area contributed by atoms with Crippen molar-refractivity contribution in [3.05, 3.63) is 70.8 Å². The van der Waals surface area contributed by atoms with E-state index in [0.29, 0.717) is 5.69 Å². The molecule has 1 heterocycles. The van der Waals surface area contributed by atoms with Crippen molar-refractivity contribution in [2.24, 2.45) is 5.73 Å². The Morgan fingerprint density at radius 3 is 2.37 bits per heavy atom. The molecule has 3 aromatic rings. The number of primary amides is 1. The van der Waals surface area contributed by atoms with E-state index in [0.717, 1.165) is 12.1 Å². The molecule has 0 aliphatic rings. The van der Waals surface area contributed by atoms with Crippen LogP contribution < -0.4 is 15.8 Å². The van der Waals surface area contributed by atoms with Gasteiger partial charge >= 0.3 is 0 Å². The molecule has 11 heteroatoms. The zero-order valence-electron chi connectivity index (χ0n) is 16.0. The number of nitrogens with zero attached hydrogens (tertiary/aromatic N) is 1. The van der Waals surface area contributed by atoms with Crippen LogP contribution in [-0.4, -0.2) is 30.4 Å². The Labute approximate surface area is 171 Å². The number of H-pyrrole nitrogens is 1. The second-order valence-corrected chi connectivity index (χ2v) is 8.17. The lowest BCUT2D eigenvalue weighted by molar-refractivity contribution is 0.0996. The van der Waals surface area contributed by atoms with Crippen molar-refractivity contribution in [3.8, 4) is 0 Å². The van der Waals surface area contributed by atoms with Crippen LogP contribution in [-0.2, 0) is 10.0 Å². The smallest absolute Gasteiger partial charge is 0.271 e. The van der Waals surface area contributed by atoms with Gasteiger partial charge in [-0.1, -0.05) is 0 Å². The Balaban J connectivity index is 1.76. The molecule has 2 aromatic carbocycles. The zero-order valence-corrected chi connectivity index (χ0v) is 16.8. The number of rotatable bonds is 6. The van der Waals surface area contributed by atoms with Crippen LogP contribution in [0.2, 0.25) is 0 Å². The fourth-order valence-electron chi connectivity index (χ4n) is 2.63. The van der Waals surface area contributed by atoms with Gasteiger partial charge in [0, 0.05) is 11.3 Å². The van der Waals surface area contributed by atoms with Gasteiger partial charge in [-0.2, -0.15) is 5.10 Å². The largest absolute Gasteiger partial charge is 0.364 e. The lowest BCUT2D eigenvalue weighted by Crippen LogP contribution is -2.18. The van der Waals surface area contributed by atoms with Crippen LogP contribution in [0, 0.1) is 19.7 Å². The van der Waals surface area contributed by atoms with E-state index in [1.54, 1.807) is 6.92 Å². The van der Waals surface area contributed by atoms with E-state index in [-0.39, 0.29) is 33.1 Å². The van der Waals surface area contributed by atoms with Crippen LogP contribution in [0.15, 0.2) is 47.4 Å². The minimum atomic E-state index is -3.93. The lowest BCUT2D eigenvalue weighted by atomic mass is 10.2. The van der Waals surface area contributed by atoms with E-state index in [1.807, 2.05) is 0 Å². The van der Waals surface area contributed by atoms with Crippen molar-refractivity contribution < 1.29 is 22.4 Å². The van der Waals surface area contributed by atoms with Gasteiger partial charge in [-0.25, -0.2) is 12.8 Å². The minimum Gasteiger partial charge on any atom is -0.364 e. The predicted octanol–water partition coefficient (Wildman–Crippen LogP) is 2.32. The van der Waals surface area contributed by atoms with Crippen LogP contribution in [0.25, 0.3) is 0 Å². The number of halogens is 1. The highest BCUT2D eigenvalue weighted by Gasteiger charge is 2.19. The molecule has 0 aliphatic heterocycles. The maximum atomic E-state index is 13.4. The van der Waals surface area contributed by atoms with Gasteiger partial charge in [0.15, 0.2) is 5.69 Å². The number of anilines is 2. The van der Waals surface area contributed by atoms with E-state index in [1.165, 1.54) is 37.3 Å². The van der Waals surface area contributed by atoms with Crippen molar-refractivity contribution in [2.45, 2.75) is 18.7 Å². The number of benzene rings is 2. The number of nitrogens with two attached hydrogens (primary N) is 1. The number of carbonyl (C=O) groups excluding carboxylic acids is 2. The molecule has 3 rings (SSSR count). The van der Waals surface area contributed by atoms with E-state index in [2.05, 4.69) is 20.2 Å². The first-order valence-electron chi connectivity index (χ1n) is 8.63. The van der Waals surface area contributed by atoms with Crippen molar-refractivity contribution in [2.75, 3.05) is 10.0 Å². The predicted molar refractivity (Wildman–Crippen MR) is 108 cm³/mol. The molecule has 0 saturated carbocycles. The van der Waals surface area contributed by atoms with Crippen LogP contribution in [0.4, 0.5) is 15.8 Å². The molecule has 0 unspecified atom stereocenters. The van der Waals surface area contributed by atoms with Crippen LogP contribution >= 0.6 is 0 Å². The zero-order chi connectivity index (χ0) is 22.1. The van der Waals surface area contributed by atoms with Crippen molar-refractivity contribution >= 4 is 33.2 Å². The first-order chi connectivity index (χ1) is 14.1. The highest BCUT2D eigenvalue weighted by molar-refractivity contribution is 7.92. The SMILES string of the molecule is Cc1cc(S(=O)(=O)Nc2ccc(C(=O)Nc3c(C(N)=O)n[nH]c3C)cc2)ccc1F. The molecule has 0 fully saturated rings. The highest BCUT2D eigenvalue weighted by Crippen LogP contribution is 2.21. The standard InChI is InChI=1S/C19H18FN5O4S/c1-10-9-14(7-8-15(10)20)30(28,29)25-13-5-3-12(4-6-13)19(27)22-16-11(2)23-24-17(16)18(21)26/h3-9,25H,1-2H3,(H2,21,26)(H,22,27)(H,23,24). The molecule has 0 radical (unpaired) electrons. The summed E-state index contributed by atoms with van der Waals surface area (Å²) in [6, 6.07) is 9.08. The number of aryl methyl sites for hydroxylation is 2. The molecule has 2 amide bonds. The van der Waals surface area contributed by atoms with Crippen molar-refractivity contribution in [3.63, 3.8) is 0 Å². The number of nitrogens with one attached hydrogen (secondary N) is 3. The molecule has 0 spiro atoms. The first-order valence-corrected chi connectivity index (χ1v) is 10.1. The molecule has 1 aromatic heterocycles. The molecule has 0 saturated heterocycles. The number of sulfonamides is 1. The maximum Gasteiger partial charge on any atom is 0.271 e. The van der Waals surface area contributed by atoms with Crippen molar-refractivity contribution in [1.82, 2.24) is 10.2 Å². The summed E-state index contributed by atoms with van der Waals surface area (Å²) in [6.07, 6.45) is 0. The Kier molecular flexibility index (Phi) is 5.56. The van der Waals surface area contributed by atoms with Gasteiger partial charge in [0.05, 0.1) is 16.3 Å². The Morgan fingerprint density at radius 2 is 1.77 bits per heavy atom. The molecular formula is C19H18FN5O4S. The molecule has 0 atom stereocenters. The number of hydrogen-bond donors (Lipinski definition) is 4. The van der Waals surface area contributed by atoms with E-state index < -0.39 is 27.7 Å². The van der Waals surface area contributed by atoms with Crippen LogP contribution in [0.1, 0.15) is 32.1 Å². The number of amides is 2. The summed E-state index contributed by atoms with van der Waals surface area (Å²) < 4.78 is 40.7. The fraction of sp³-hybridized carbons (Fsp3) is 0.105. The summed E-state index contributed by atoms with van der Waals surface area (Å²) in [7, 11) is -3.93.